The summed E-state index contributed by atoms with van der Waals surface area (Å²) in [6.45, 7) is 2.73. The van der Waals surface area contributed by atoms with Crippen molar-refractivity contribution in [3.05, 3.63) is 42.5 Å². The molecule has 2 N–H and O–H groups in total. The fourth-order valence-corrected chi connectivity index (χ4v) is 2.64. The van der Waals surface area contributed by atoms with Crippen molar-refractivity contribution in [2.45, 2.75) is 0 Å². The average Bonchev–Trinajstić information content (AvgIpc) is 2.65. The number of carbonyl (C=O) groups is 2. The van der Waals surface area contributed by atoms with E-state index in [4.69, 9.17) is 9.47 Å². The molecule has 7 nitrogen and oxygen atoms in total. The summed E-state index contributed by atoms with van der Waals surface area (Å²) >= 11 is 0. The molecule has 1 saturated heterocycles. The number of nitrogens with one attached hydrogen (secondary N) is 2. The van der Waals surface area contributed by atoms with Gasteiger partial charge in [-0.1, -0.05) is 36.4 Å². The molecule has 0 bridgehead atoms. The summed E-state index contributed by atoms with van der Waals surface area (Å²) in [7, 11) is 0. The molecule has 2 amide bonds. The molecule has 0 spiro atoms. The van der Waals surface area contributed by atoms with Crippen LogP contribution in [0.1, 0.15) is 0 Å². The van der Waals surface area contributed by atoms with E-state index in [-0.39, 0.29) is 19.1 Å². The Morgan fingerprint density at radius 3 is 2.56 bits per heavy atom. The smallest absolute Gasteiger partial charge is 0.276 e. The molecule has 0 aliphatic carbocycles. The van der Waals surface area contributed by atoms with E-state index >= 15 is 0 Å². The molecule has 1 aliphatic rings. The third kappa shape index (κ3) is 4.91. The van der Waals surface area contributed by atoms with Crippen LogP contribution in [0.2, 0.25) is 0 Å². The zero-order chi connectivity index (χ0) is 17.5. The van der Waals surface area contributed by atoms with Gasteiger partial charge in [-0.25, -0.2) is 0 Å². The number of amides is 2. The Labute approximate surface area is 145 Å². The number of ether oxygens (including phenoxy) is 2. The van der Waals surface area contributed by atoms with Crippen molar-refractivity contribution in [2.75, 3.05) is 39.5 Å². The lowest BCUT2D eigenvalue weighted by molar-refractivity contribution is -0.131. The largest absolute Gasteiger partial charge is 0.483 e. The van der Waals surface area contributed by atoms with Gasteiger partial charge >= 0.3 is 0 Å². The summed E-state index contributed by atoms with van der Waals surface area (Å²) < 4.78 is 10.8. The number of carbonyl (C=O) groups excluding carboxylic acids is 2. The van der Waals surface area contributed by atoms with Gasteiger partial charge in [-0.05, 0) is 11.5 Å². The van der Waals surface area contributed by atoms with Crippen molar-refractivity contribution < 1.29 is 19.1 Å². The van der Waals surface area contributed by atoms with Crippen LogP contribution >= 0.6 is 0 Å². The van der Waals surface area contributed by atoms with E-state index in [9.17, 15) is 9.59 Å². The van der Waals surface area contributed by atoms with Crippen molar-refractivity contribution >= 4 is 22.6 Å². The fourth-order valence-electron chi connectivity index (χ4n) is 2.64. The molecule has 2 aromatic rings. The van der Waals surface area contributed by atoms with Crippen LogP contribution < -0.4 is 15.6 Å². The first-order valence-electron chi connectivity index (χ1n) is 8.21. The normalized spacial score (nSPS) is 14.9. The Hall–Kier alpha value is -2.64. The van der Waals surface area contributed by atoms with E-state index < -0.39 is 5.91 Å². The lowest BCUT2D eigenvalue weighted by atomic mass is 10.1. The van der Waals surface area contributed by atoms with Gasteiger partial charge in [0.05, 0.1) is 19.8 Å². The second kappa shape index (κ2) is 8.46. The lowest BCUT2D eigenvalue weighted by Crippen LogP contribution is -2.49. The highest BCUT2D eigenvalue weighted by atomic mass is 16.5. The van der Waals surface area contributed by atoms with Crippen LogP contribution in [0.3, 0.4) is 0 Å². The second-order valence-corrected chi connectivity index (χ2v) is 5.75. The molecule has 3 rings (SSSR count). The predicted octanol–water partition coefficient (Wildman–Crippen LogP) is 0.698. The van der Waals surface area contributed by atoms with Crippen molar-refractivity contribution in [2.24, 2.45) is 0 Å². The fraction of sp³-hybridized carbons (Fsp3) is 0.333. The molecular weight excluding hydrogens is 322 g/mol. The van der Waals surface area contributed by atoms with Crippen molar-refractivity contribution in [1.29, 1.82) is 0 Å². The van der Waals surface area contributed by atoms with E-state index in [0.717, 1.165) is 10.8 Å². The number of benzene rings is 2. The molecule has 0 saturated carbocycles. The van der Waals surface area contributed by atoms with E-state index in [1.54, 1.807) is 0 Å². The van der Waals surface area contributed by atoms with Crippen LogP contribution in [0.5, 0.6) is 5.75 Å². The number of morpholine rings is 1. The highest BCUT2D eigenvalue weighted by Gasteiger charge is 2.14. The van der Waals surface area contributed by atoms with Gasteiger partial charge in [-0.15, -0.1) is 0 Å². The van der Waals surface area contributed by atoms with Crippen LogP contribution in [-0.2, 0) is 14.3 Å². The van der Waals surface area contributed by atoms with Gasteiger partial charge in [0.15, 0.2) is 6.61 Å². The summed E-state index contributed by atoms with van der Waals surface area (Å²) in [5.74, 6) is -0.0448. The Balaban J connectivity index is 1.44. The minimum absolute atomic E-state index is 0.175. The predicted molar refractivity (Wildman–Crippen MR) is 93.0 cm³/mol. The van der Waals surface area contributed by atoms with Crippen LogP contribution in [0.4, 0.5) is 0 Å². The summed E-state index contributed by atoms with van der Waals surface area (Å²) in [5.41, 5.74) is 4.77. The monoisotopic (exact) mass is 343 g/mol. The zero-order valence-corrected chi connectivity index (χ0v) is 13.9. The second-order valence-electron chi connectivity index (χ2n) is 5.75. The van der Waals surface area contributed by atoms with E-state index in [1.807, 2.05) is 47.4 Å². The molecule has 0 aromatic heterocycles. The quantitative estimate of drug-likeness (QED) is 0.781. The molecule has 25 heavy (non-hydrogen) atoms. The number of hydrogen-bond donors (Lipinski definition) is 2. The topological polar surface area (TPSA) is 79.9 Å². The summed E-state index contributed by atoms with van der Waals surface area (Å²) in [4.78, 5) is 25.7. The van der Waals surface area contributed by atoms with E-state index in [1.165, 1.54) is 0 Å². The SMILES string of the molecule is O=C(COc1cccc2ccccc12)NNC(=O)CN1CCOCC1. The molecule has 1 aliphatic heterocycles. The Kier molecular flexibility index (Phi) is 5.81. The van der Waals surface area contributed by atoms with Crippen molar-refractivity contribution in [3.63, 3.8) is 0 Å². The highest BCUT2D eigenvalue weighted by Crippen LogP contribution is 2.24. The summed E-state index contributed by atoms with van der Waals surface area (Å²) in [5, 5.41) is 1.98. The van der Waals surface area contributed by atoms with Gasteiger partial charge in [0.2, 0.25) is 0 Å². The molecule has 1 fully saturated rings. The van der Waals surface area contributed by atoms with Gasteiger partial charge < -0.3 is 9.47 Å². The van der Waals surface area contributed by atoms with Gasteiger partial charge in [0.1, 0.15) is 5.75 Å². The minimum Gasteiger partial charge on any atom is -0.483 e. The maximum absolute atomic E-state index is 11.9. The number of hydrogen-bond acceptors (Lipinski definition) is 5. The van der Waals surface area contributed by atoms with Crippen molar-refractivity contribution in [1.82, 2.24) is 15.8 Å². The molecule has 7 heteroatoms. The maximum atomic E-state index is 11.9. The summed E-state index contributed by atoms with van der Waals surface area (Å²) in [6, 6.07) is 13.4. The Morgan fingerprint density at radius 1 is 1.00 bits per heavy atom. The molecule has 1 heterocycles. The minimum atomic E-state index is -0.414. The van der Waals surface area contributed by atoms with Crippen molar-refractivity contribution in [3.8, 4) is 5.75 Å². The van der Waals surface area contributed by atoms with Crippen LogP contribution in [0.15, 0.2) is 42.5 Å². The van der Waals surface area contributed by atoms with E-state index in [0.29, 0.717) is 32.1 Å². The number of rotatable bonds is 5. The van der Waals surface area contributed by atoms with Gasteiger partial charge in [-0.3, -0.25) is 25.3 Å². The Bertz CT molecular complexity index is 739. The maximum Gasteiger partial charge on any atom is 0.276 e. The van der Waals surface area contributed by atoms with Gasteiger partial charge in [0.25, 0.3) is 11.8 Å². The zero-order valence-electron chi connectivity index (χ0n) is 13.9. The van der Waals surface area contributed by atoms with Crippen LogP contribution in [0, 0.1) is 0 Å². The van der Waals surface area contributed by atoms with Gasteiger partial charge in [-0.2, -0.15) is 0 Å². The number of hydrazine groups is 1. The lowest BCUT2D eigenvalue weighted by Gasteiger charge is -2.25. The molecule has 0 unspecified atom stereocenters. The van der Waals surface area contributed by atoms with E-state index in [2.05, 4.69) is 10.9 Å². The van der Waals surface area contributed by atoms with Crippen LogP contribution in [-0.4, -0.2) is 56.2 Å². The standard InChI is InChI=1S/C18H21N3O4/c22-17(12-21-8-10-24-11-9-21)19-20-18(23)13-25-16-7-3-5-14-4-1-2-6-15(14)16/h1-7H,8-13H2,(H,19,22)(H,20,23). The average molecular weight is 343 g/mol. The number of nitrogens with zero attached hydrogens (tertiary/aromatic N) is 1. The first kappa shape index (κ1) is 17.2. The first-order valence-corrected chi connectivity index (χ1v) is 8.21. The summed E-state index contributed by atoms with van der Waals surface area (Å²) in [6.07, 6.45) is 0. The third-order valence-corrected chi connectivity index (χ3v) is 3.92. The van der Waals surface area contributed by atoms with Crippen LogP contribution in [0.25, 0.3) is 10.8 Å². The molecule has 0 radical (unpaired) electrons. The molecule has 2 aromatic carbocycles. The molecular formula is C18H21N3O4. The molecule has 0 atom stereocenters. The highest BCUT2D eigenvalue weighted by molar-refractivity contribution is 5.89. The molecule has 132 valence electrons. The first-order chi connectivity index (χ1) is 12.2. The number of fused-ring (bicyclic) bond motifs is 1. The van der Waals surface area contributed by atoms with Gasteiger partial charge in [0, 0.05) is 18.5 Å². The Morgan fingerprint density at radius 2 is 1.72 bits per heavy atom. The third-order valence-electron chi connectivity index (χ3n) is 3.92.